The first-order valence-corrected chi connectivity index (χ1v) is 7.59. The van der Waals surface area contributed by atoms with E-state index < -0.39 is 0 Å². The summed E-state index contributed by atoms with van der Waals surface area (Å²) >= 11 is 0. The molecule has 0 aromatic heterocycles. The van der Waals surface area contributed by atoms with Crippen molar-refractivity contribution in [1.82, 2.24) is 4.90 Å². The third-order valence-corrected chi connectivity index (χ3v) is 4.34. The lowest BCUT2D eigenvalue weighted by Crippen LogP contribution is -2.52. The first-order chi connectivity index (χ1) is 8.10. The summed E-state index contributed by atoms with van der Waals surface area (Å²) in [6.45, 7) is 11.7. The molecule has 0 bridgehead atoms. The molecule has 17 heavy (non-hydrogen) atoms. The number of rotatable bonds is 6. The van der Waals surface area contributed by atoms with Crippen molar-refractivity contribution in [3.63, 3.8) is 0 Å². The normalized spacial score (nSPS) is 30.2. The molecule has 2 nitrogen and oxygen atoms in total. The Morgan fingerprint density at radius 2 is 1.71 bits per heavy atom. The monoisotopic (exact) mass is 240 g/mol. The van der Waals surface area contributed by atoms with Crippen LogP contribution in [0.1, 0.15) is 59.8 Å². The zero-order valence-corrected chi connectivity index (χ0v) is 12.3. The van der Waals surface area contributed by atoms with Gasteiger partial charge in [-0.25, -0.2) is 0 Å². The summed E-state index contributed by atoms with van der Waals surface area (Å²) in [5.74, 6) is 1.70. The lowest BCUT2D eigenvalue weighted by Gasteiger charge is -2.42. The van der Waals surface area contributed by atoms with Crippen molar-refractivity contribution in [2.45, 2.75) is 71.9 Å². The van der Waals surface area contributed by atoms with E-state index in [2.05, 4.69) is 32.6 Å². The smallest absolute Gasteiger partial charge is 0.0249 e. The van der Waals surface area contributed by atoms with Crippen molar-refractivity contribution in [2.75, 3.05) is 13.1 Å². The van der Waals surface area contributed by atoms with Crippen molar-refractivity contribution in [2.24, 2.45) is 17.6 Å². The fraction of sp³-hybridized carbons (Fsp3) is 1.00. The summed E-state index contributed by atoms with van der Waals surface area (Å²) in [6.07, 6.45) is 6.36. The van der Waals surface area contributed by atoms with Gasteiger partial charge >= 0.3 is 0 Å². The Morgan fingerprint density at radius 3 is 2.18 bits per heavy atom. The van der Waals surface area contributed by atoms with Gasteiger partial charge < -0.3 is 5.73 Å². The SMILES string of the molecule is CCCN(CCC)C1CC(C(C)C)CCC1N. The molecule has 0 amide bonds. The second kappa shape index (κ2) is 7.38. The Labute approximate surface area is 108 Å². The summed E-state index contributed by atoms with van der Waals surface area (Å²) in [5, 5.41) is 0. The molecule has 102 valence electrons. The van der Waals surface area contributed by atoms with Crippen LogP contribution in [0.15, 0.2) is 0 Å². The maximum atomic E-state index is 6.36. The van der Waals surface area contributed by atoms with Crippen LogP contribution in [-0.4, -0.2) is 30.1 Å². The van der Waals surface area contributed by atoms with Crippen molar-refractivity contribution in [3.8, 4) is 0 Å². The van der Waals surface area contributed by atoms with Crippen LogP contribution in [0, 0.1) is 11.8 Å². The van der Waals surface area contributed by atoms with Crippen LogP contribution in [0.25, 0.3) is 0 Å². The summed E-state index contributed by atoms with van der Waals surface area (Å²) in [5.41, 5.74) is 6.36. The lowest BCUT2D eigenvalue weighted by atomic mass is 9.76. The highest BCUT2D eigenvalue weighted by molar-refractivity contribution is 4.90. The van der Waals surface area contributed by atoms with E-state index >= 15 is 0 Å². The van der Waals surface area contributed by atoms with Crippen molar-refractivity contribution in [1.29, 1.82) is 0 Å². The molecule has 0 saturated heterocycles. The van der Waals surface area contributed by atoms with Gasteiger partial charge in [-0.3, -0.25) is 4.90 Å². The van der Waals surface area contributed by atoms with Gasteiger partial charge in [-0.05, 0) is 57.0 Å². The molecular weight excluding hydrogens is 208 g/mol. The Morgan fingerprint density at radius 1 is 1.12 bits per heavy atom. The number of nitrogens with zero attached hydrogens (tertiary/aromatic N) is 1. The van der Waals surface area contributed by atoms with E-state index in [1.807, 2.05) is 0 Å². The third-order valence-electron chi connectivity index (χ3n) is 4.34. The second-order valence-corrected chi connectivity index (χ2v) is 6.08. The highest BCUT2D eigenvalue weighted by atomic mass is 15.2. The molecule has 0 radical (unpaired) electrons. The van der Waals surface area contributed by atoms with Crippen LogP contribution in [0.2, 0.25) is 0 Å². The quantitative estimate of drug-likeness (QED) is 0.772. The summed E-state index contributed by atoms with van der Waals surface area (Å²) < 4.78 is 0. The number of hydrogen-bond acceptors (Lipinski definition) is 2. The molecule has 2 heteroatoms. The van der Waals surface area contributed by atoms with Crippen molar-refractivity contribution < 1.29 is 0 Å². The summed E-state index contributed by atoms with van der Waals surface area (Å²) in [6, 6.07) is 1.04. The standard InChI is InChI=1S/C15H32N2/c1-5-9-17(10-6-2)15-11-13(12(3)4)7-8-14(15)16/h12-15H,5-11,16H2,1-4H3. The first kappa shape index (κ1) is 15.0. The highest BCUT2D eigenvalue weighted by Gasteiger charge is 2.32. The van der Waals surface area contributed by atoms with Crippen molar-refractivity contribution >= 4 is 0 Å². The molecule has 1 rings (SSSR count). The molecular formula is C15H32N2. The van der Waals surface area contributed by atoms with E-state index in [1.165, 1.54) is 45.2 Å². The van der Waals surface area contributed by atoms with Crippen LogP contribution in [0.5, 0.6) is 0 Å². The van der Waals surface area contributed by atoms with Gasteiger partial charge in [0, 0.05) is 12.1 Å². The topological polar surface area (TPSA) is 29.3 Å². The van der Waals surface area contributed by atoms with Crippen LogP contribution in [-0.2, 0) is 0 Å². The molecule has 1 aliphatic carbocycles. The molecule has 0 aromatic carbocycles. The molecule has 0 aliphatic heterocycles. The highest BCUT2D eigenvalue weighted by Crippen LogP contribution is 2.32. The Kier molecular flexibility index (Phi) is 6.50. The predicted octanol–water partition coefficient (Wildman–Crippen LogP) is 3.26. The molecule has 0 aromatic rings. The fourth-order valence-electron chi connectivity index (χ4n) is 3.24. The summed E-state index contributed by atoms with van der Waals surface area (Å²) in [4.78, 5) is 2.65. The average Bonchev–Trinajstić information content (AvgIpc) is 2.29. The molecule has 1 fully saturated rings. The predicted molar refractivity (Wildman–Crippen MR) is 76.1 cm³/mol. The summed E-state index contributed by atoms with van der Waals surface area (Å²) in [7, 11) is 0. The Balaban J connectivity index is 2.62. The third kappa shape index (κ3) is 4.26. The molecule has 0 spiro atoms. The van der Waals surface area contributed by atoms with E-state index in [-0.39, 0.29) is 0 Å². The zero-order chi connectivity index (χ0) is 12.8. The van der Waals surface area contributed by atoms with Gasteiger partial charge in [0.2, 0.25) is 0 Å². The maximum absolute atomic E-state index is 6.36. The van der Waals surface area contributed by atoms with E-state index in [1.54, 1.807) is 0 Å². The Bertz CT molecular complexity index is 197. The lowest BCUT2D eigenvalue weighted by molar-refractivity contribution is 0.0962. The van der Waals surface area contributed by atoms with Gasteiger partial charge in [0.15, 0.2) is 0 Å². The van der Waals surface area contributed by atoms with Gasteiger partial charge in [-0.1, -0.05) is 27.7 Å². The molecule has 1 aliphatic rings. The number of hydrogen-bond donors (Lipinski definition) is 1. The maximum Gasteiger partial charge on any atom is 0.0249 e. The minimum absolute atomic E-state index is 0.406. The number of nitrogens with two attached hydrogens (primary N) is 1. The van der Waals surface area contributed by atoms with Gasteiger partial charge in [-0.15, -0.1) is 0 Å². The average molecular weight is 240 g/mol. The van der Waals surface area contributed by atoms with E-state index in [0.717, 1.165) is 11.8 Å². The van der Waals surface area contributed by atoms with E-state index in [9.17, 15) is 0 Å². The zero-order valence-electron chi connectivity index (χ0n) is 12.3. The fourth-order valence-corrected chi connectivity index (χ4v) is 3.24. The van der Waals surface area contributed by atoms with Crippen LogP contribution < -0.4 is 5.73 Å². The van der Waals surface area contributed by atoms with E-state index in [0.29, 0.717) is 12.1 Å². The van der Waals surface area contributed by atoms with Gasteiger partial charge in [-0.2, -0.15) is 0 Å². The first-order valence-electron chi connectivity index (χ1n) is 7.59. The molecule has 3 atom stereocenters. The van der Waals surface area contributed by atoms with Crippen LogP contribution in [0.3, 0.4) is 0 Å². The van der Waals surface area contributed by atoms with Crippen LogP contribution >= 0.6 is 0 Å². The molecule has 3 unspecified atom stereocenters. The van der Waals surface area contributed by atoms with Gasteiger partial charge in [0.05, 0.1) is 0 Å². The molecule has 2 N–H and O–H groups in total. The van der Waals surface area contributed by atoms with E-state index in [4.69, 9.17) is 5.73 Å². The van der Waals surface area contributed by atoms with Gasteiger partial charge in [0.25, 0.3) is 0 Å². The van der Waals surface area contributed by atoms with Crippen molar-refractivity contribution in [3.05, 3.63) is 0 Å². The van der Waals surface area contributed by atoms with Gasteiger partial charge in [0.1, 0.15) is 0 Å². The minimum atomic E-state index is 0.406. The second-order valence-electron chi connectivity index (χ2n) is 6.08. The van der Waals surface area contributed by atoms with Crippen LogP contribution in [0.4, 0.5) is 0 Å². The molecule has 1 saturated carbocycles. The molecule has 0 heterocycles. The Hall–Kier alpha value is -0.0800. The largest absolute Gasteiger partial charge is 0.326 e. The minimum Gasteiger partial charge on any atom is -0.326 e.